The predicted octanol–water partition coefficient (Wildman–Crippen LogP) is 2.08. The fraction of sp³-hybridized carbons (Fsp3) is 0.500. The van der Waals surface area contributed by atoms with Crippen molar-refractivity contribution < 1.29 is 4.79 Å². The second kappa shape index (κ2) is 6.21. The maximum Gasteiger partial charge on any atom is 0.220 e. The summed E-state index contributed by atoms with van der Waals surface area (Å²) < 4.78 is 0. The highest BCUT2D eigenvalue weighted by Crippen LogP contribution is 2.17. The fourth-order valence-corrected chi connectivity index (χ4v) is 2.63. The van der Waals surface area contributed by atoms with Crippen molar-refractivity contribution in [1.29, 1.82) is 0 Å². The third-order valence-electron chi connectivity index (χ3n) is 3.60. The largest absolute Gasteiger partial charge is 0.369 e. The van der Waals surface area contributed by atoms with Crippen molar-refractivity contribution in [1.82, 2.24) is 4.90 Å². The number of benzene rings is 1. The Morgan fingerprint density at radius 2 is 2.11 bits per heavy atom. The van der Waals surface area contributed by atoms with E-state index in [1.54, 1.807) is 0 Å². The lowest BCUT2D eigenvalue weighted by molar-refractivity contribution is -0.123. The zero-order valence-electron chi connectivity index (χ0n) is 10.4. The third-order valence-corrected chi connectivity index (χ3v) is 3.83. The molecule has 0 radical (unpaired) electrons. The normalized spacial score (nSPS) is 17.8. The molecule has 0 atom stereocenters. The molecule has 0 saturated carbocycles. The Morgan fingerprint density at radius 1 is 1.39 bits per heavy atom. The molecule has 1 aliphatic rings. The first-order valence-electron chi connectivity index (χ1n) is 6.41. The molecule has 18 heavy (non-hydrogen) atoms. The van der Waals surface area contributed by atoms with E-state index in [-0.39, 0.29) is 11.8 Å². The summed E-state index contributed by atoms with van der Waals surface area (Å²) in [7, 11) is 0. The van der Waals surface area contributed by atoms with Crippen LogP contribution in [0.5, 0.6) is 0 Å². The van der Waals surface area contributed by atoms with Gasteiger partial charge in [-0.2, -0.15) is 0 Å². The molecule has 98 valence electrons. The van der Waals surface area contributed by atoms with Crippen molar-refractivity contribution in [3.05, 3.63) is 34.9 Å². The Bertz CT molecular complexity index is 414. The standard InChI is InChI=1S/C14H19ClN2O/c15-13-3-1-2-11(10-13)4-7-17-8-5-12(6-9-17)14(16)18/h1-3,10,12H,4-9H2,(H2,16,18). The molecular formula is C14H19ClN2O. The average Bonchev–Trinajstić information content (AvgIpc) is 2.37. The molecule has 4 heteroatoms. The number of carbonyl (C=O) groups excluding carboxylic acids is 1. The van der Waals surface area contributed by atoms with Crippen LogP contribution in [-0.2, 0) is 11.2 Å². The summed E-state index contributed by atoms with van der Waals surface area (Å²) in [6.45, 7) is 2.95. The van der Waals surface area contributed by atoms with Crippen LogP contribution in [0.15, 0.2) is 24.3 Å². The van der Waals surface area contributed by atoms with Gasteiger partial charge < -0.3 is 10.6 Å². The predicted molar refractivity (Wildman–Crippen MR) is 73.5 cm³/mol. The zero-order valence-corrected chi connectivity index (χ0v) is 11.2. The third kappa shape index (κ3) is 3.72. The van der Waals surface area contributed by atoms with Crippen LogP contribution in [0.2, 0.25) is 5.02 Å². The van der Waals surface area contributed by atoms with Gasteiger partial charge in [0.05, 0.1) is 0 Å². The number of nitrogens with zero attached hydrogens (tertiary/aromatic N) is 1. The number of halogens is 1. The van der Waals surface area contributed by atoms with Crippen LogP contribution >= 0.6 is 11.6 Å². The van der Waals surface area contributed by atoms with E-state index in [1.807, 2.05) is 18.2 Å². The van der Waals surface area contributed by atoms with Crippen LogP contribution in [-0.4, -0.2) is 30.4 Å². The Labute approximate surface area is 113 Å². The molecule has 0 bridgehead atoms. The zero-order chi connectivity index (χ0) is 13.0. The summed E-state index contributed by atoms with van der Waals surface area (Å²) in [6, 6.07) is 7.99. The van der Waals surface area contributed by atoms with Crippen LogP contribution in [0.4, 0.5) is 0 Å². The van der Waals surface area contributed by atoms with Gasteiger partial charge in [-0.05, 0) is 50.0 Å². The minimum absolute atomic E-state index is 0.0763. The highest BCUT2D eigenvalue weighted by atomic mass is 35.5. The molecule has 1 heterocycles. The number of nitrogens with two attached hydrogens (primary N) is 1. The Balaban J connectivity index is 1.77. The van der Waals surface area contributed by atoms with Gasteiger partial charge in [-0.3, -0.25) is 4.79 Å². The van der Waals surface area contributed by atoms with Crippen molar-refractivity contribution in [3.8, 4) is 0 Å². The van der Waals surface area contributed by atoms with Gasteiger partial charge in [-0.25, -0.2) is 0 Å². The van der Waals surface area contributed by atoms with Crippen LogP contribution in [0, 0.1) is 5.92 Å². The SMILES string of the molecule is NC(=O)C1CCN(CCc2cccc(Cl)c2)CC1. The number of amides is 1. The minimum Gasteiger partial charge on any atom is -0.369 e. The molecule has 2 rings (SSSR count). The van der Waals surface area contributed by atoms with Gasteiger partial charge in [0.1, 0.15) is 0 Å². The lowest BCUT2D eigenvalue weighted by Crippen LogP contribution is -2.39. The highest BCUT2D eigenvalue weighted by molar-refractivity contribution is 6.30. The molecule has 1 aliphatic heterocycles. The maximum atomic E-state index is 11.1. The first-order chi connectivity index (χ1) is 8.65. The summed E-state index contributed by atoms with van der Waals surface area (Å²) in [5.74, 6) is -0.0723. The van der Waals surface area contributed by atoms with E-state index < -0.39 is 0 Å². The van der Waals surface area contributed by atoms with Gasteiger partial charge in [-0.1, -0.05) is 23.7 Å². The maximum absolute atomic E-state index is 11.1. The Kier molecular flexibility index (Phi) is 4.61. The van der Waals surface area contributed by atoms with E-state index in [4.69, 9.17) is 17.3 Å². The molecule has 0 spiro atoms. The number of likely N-dealkylation sites (tertiary alicyclic amines) is 1. The summed E-state index contributed by atoms with van der Waals surface area (Å²) in [6.07, 6.45) is 2.79. The second-order valence-electron chi connectivity index (χ2n) is 4.90. The van der Waals surface area contributed by atoms with Gasteiger partial charge in [0, 0.05) is 17.5 Å². The summed E-state index contributed by atoms with van der Waals surface area (Å²) in [4.78, 5) is 13.5. The molecule has 2 N–H and O–H groups in total. The lowest BCUT2D eigenvalue weighted by Gasteiger charge is -2.30. The molecule has 1 fully saturated rings. The summed E-state index contributed by atoms with van der Waals surface area (Å²) >= 11 is 5.96. The number of carbonyl (C=O) groups is 1. The molecule has 1 amide bonds. The quantitative estimate of drug-likeness (QED) is 0.907. The van der Waals surface area contributed by atoms with E-state index in [1.165, 1.54) is 5.56 Å². The Morgan fingerprint density at radius 3 is 2.72 bits per heavy atom. The van der Waals surface area contributed by atoms with Gasteiger partial charge in [0.2, 0.25) is 5.91 Å². The first kappa shape index (κ1) is 13.4. The van der Waals surface area contributed by atoms with Crippen molar-refractivity contribution >= 4 is 17.5 Å². The first-order valence-corrected chi connectivity index (χ1v) is 6.79. The van der Waals surface area contributed by atoms with Crippen molar-refractivity contribution in [2.45, 2.75) is 19.3 Å². The Hall–Kier alpha value is -1.06. The molecule has 0 aromatic heterocycles. The van der Waals surface area contributed by atoms with Crippen LogP contribution < -0.4 is 5.73 Å². The van der Waals surface area contributed by atoms with Crippen molar-refractivity contribution in [2.75, 3.05) is 19.6 Å². The molecular weight excluding hydrogens is 248 g/mol. The fourth-order valence-electron chi connectivity index (χ4n) is 2.42. The highest BCUT2D eigenvalue weighted by Gasteiger charge is 2.22. The van der Waals surface area contributed by atoms with Gasteiger partial charge in [0.15, 0.2) is 0 Å². The van der Waals surface area contributed by atoms with E-state index in [0.717, 1.165) is 43.9 Å². The van der Waals surface area contributed by atoms with E-state index in [9.17, 15) is 4.79 Å². The number of rotatable bonds is 4. The van der Waals surface area contributed by atoms with Crippen LogP contribution in [0.25, 0.3) is 0 Å². The summed E-state index contributed by atoms with van der Waals surface area (Å²) in [5.41, 5.74) is 6.59. The topological polar surface area (TPSA) is 46.3 Å². The van der Waals surface area contributed by atoms with Crippen LogP contribution in [0.3, 0.4) is 0 Å². The van der Waals surface area contributed by atoms with E-state index in [2.05, 4.69) is 11.0 Å². The number of hydrogen-bond donors (Lipinski definition) is 1. The van der Waals surface area contributed by atoms with Gasteiger partial charge in [-0.15, -0.1) is 0 Å². The average molecular weight is 267 g/mol. The number of hydrogen-bond acceptors (Lipinski definition) is 2. The minimum atomic E-state index is -0.149. The van der Waals surface area contributed by atoms with Crippen molar-refractivity contribution in [2.24, 2.45) is 11.7 Å². The summed E-state index contributed by atoms with van der Waals surface area (Å²) in [5, 5.41) is 0.792. The van der Waals surface area contributed by atoms with Crippen molar-refractivity contribution in [3.63, 3.8) is 0 Å². The smallest absolute Gasteiger partial charge is 0.220 e. The second-order valence-corrected chi connectivity index (χ2v) is 5.33. The van der Waals surface area contributed by atoms with Gasteiger partial charge in [0.25, 0.3) is 0 Å². The van der Waals surface area contributed by atoms with Crippen LogP contribution in [0.1, 0.15) is 18.4 Å². The molecule has 0 aliphatic carbocycles. The molecule has 0 unspecified atom stereocenters. The monoisotopic (exact) mass is 266 g/mol. The molecule has 1 aromatic rings. The van der Waals surface area contributed by atoms with Gasteiger partial charge >= 0.3 is 0 Å². The lowest BCUT2D eigenvalue weighted by atomic mass is 9.96. The van der Waals surface area contributed by atoms with E-state index in [0.29, 0.717) is 0 Å². The number of piperidine rings is 1. The molecule has 3 nitrogen and oxygen atoms in total. The molecule has 1 saturated heterocycles. The number of primary amides is 1. The van der Waals surface area contributed by atoms with E-state index >= 15 is 0 Å². The molecule has 1 aromatic carbocycles.